The molecule has 0 radical (unpaired) electrons. The van der Waals surface area contributed by atoms with E-state index in [0.29, 0.717) is 6.61 Å². The van der Waals surface area contributed by atoms with E-state index in [2.05, 4.69) is 31.4 Å². The summed E-state index contributed by atoms with van der Waals surface area (Å²) in [7, 11) is -0.0153. The van der Waals surface area contributed by atoms with Crippen LogP contribution in [-0.4, -0.2) is 23.2 Å². The van der Waals surface area contributed by atoms with Crippen molar-refractivity contribution >= 4 is 10.9 Å². The summed E-state index contributed by atoms with van der Waals surface area (Å²) in [6, 6.07) is 0. The molecule has 0 saturated heterocycles. The molecule has 0 saturated carbocycles. The molecule has 14 heavy (non-hydrogen) atoms. The van der Waals surface area contributed by atoms with Crippen molar-refractivity contribution in [3.63, 3.8) is 0 Å². The van der Waals surface area contributed by atoms with Crippen LogP contribution in [0, 0.1) is 5.92 Å². The van der Waals surface area contributed by atoms with Crippen LogP contribution in [0.4, 0.5) is 0 Å². The van der Waals surface area contributed by atoms with E-state index in [9.17, 15) is 0 Å². The van der Waals surface area contributed by atoms with Crippen LogP contribution in [0.1, 0.15) is 26.7 Å². The molecule has 1 aliphatic rings. The Kier molecular flexibility index (Phi) is 5.34. The van der Waals surface area contributed by atoms with E-state index >= 15 is 0 Å². The van der Waals surface area contributed by atoms with E-state index in [4.69, 9.17) is 5.11 Å². The van der Waals surface area contributed by atoms with Crippen molar-refractivity contribution in [3.05, 3.63) is 23.1 Å². The summed E-state index contributed by atoms with van der Waals surface area (Å²) in [6.07, 6.45) is 7.12. The SMILES string of the molecule is CC(C)CCC=C1C=C[SH](CCO)C1. The lowest BCUT2D eigenvalue weighted by atomic mass is 10.1. The number of allylic oxidation sites excluding steroid dienone is 2. The lowest BCUT2D eigenvalue weighted by molar-refractivity contribution is 0.322. The number of thiol groups is 1. The Morgan fingerprint density at radius 3 is 3.00 bits per heavy atom. The van der Waals surface area contributed by atoms with Gasteiger partial charge in [0.2, 0.25) is 0 Å². The molecule has 1 aliphatic heterocycles. The molecule has 1 unspecified atom stereocenters. The molecular formula is C12H22OS. The van der Waals surface area contributed by atoms with E-state index in [1.54, 1.807) is 0 Å². The molecule has 1 rings (SSSR count). The quantitative estimate of drug-likeness (QED) is 0.674. The lowest BCUT2D eigenvalue weighted by Crippen LogP contribution is -1.93. The molecule has 0 fully saturated rings. The van der Waals surface area contributed by atoms with Crippen molar-refractivity contribution in [2.24, 2.45) is 5.92 Å². The number of rotatable bonds is 5. The van der Waals surface area contributed by atoms with Crippen LogP contribution in [0.15, 0.2) is 23.1 Å². The minimum atomic E-state index is -0.0153. The maximum Gasteiger partial charge on any atom is 0.0507 e. The lowest BCUT2D eigenvalue weighted by Gasteiger charge is -2.09. The Labute approximate surface area is 90.3 Å². The van der Waals surface area contributed by atoms with E-state index in [0.717, 1.165) is 11.7 Å². The molecule has 1 heterocycles. The fraction of sp³-hybridized carbons (Fsp3) is 0.667. The van der Waals surface area contributed by atoms with Gasteiger partial charge in [0.05, 0.1) is 6.61 Å². The van der Waals surface area contributed by atoms with Crippen molar-refractivity contribution in [2.75, 3.05) is 18.1 Å². The smallest absolute Gasteiger partial charge is 0.0507 e. The zero-order valence-electron chi connectivity index (χ0n) is 9.24. The van der Waals surface area contributed by atoms with Gasteiger partial charge in [0.25, 0.3) is 0 Å². The van der Waals surface area contributed by atoms with E-state index in [1.165, 1.54) is 24.2 Å². The monoisotopic (exact) mass is 214 g/mol. The fourth-order valence-corrected chi connectivity index (χ4v) is 3.33. The van der Waals surface area contributed by atoms with Crippen LogP contribution in [0.2, 0.25) is 0 Å². The highest BCUT2D eigenvalue weighted by Crippen LogP contribution is 2.35. The van der Waals surface area contributed by atoms with Crippen molar-refractivity contribution in [2.45, 2.75) is 26.7 Å². The zero-order valence-corrected chi connectivity index (χ0v) is 10.1. The number of aliphatic hydroxyl groups is 1. The van der Waals surface area contributed by atoms with Gasteiger partial charge in [-0.3, -0.25) is 0 Å². The van der Waals surface area contributed by atoms with Crippen LogP contribution in [-0.2, 0) is 0 Å². The first-order chi connectivity index (χ1) is 6.72. The molecule has 1 atom stereocenters. The Bertz CT molecular complexity index is 218. The van der Waals surface area contributed by atoms with Crippen molar-refractivity contribution in [1.82, 2.24) is 0 Å². The van der Waals surface area contributed by atoms with Gasteiger partial charge in [-0.05, 0) is 29.7 Å². The molecule has 1 nitrogen and oxygen atoms in total. The molecule has 2 heteroatoms. The van der Waals surface area contributed by atoms with Crippen molar-refractivity contribution in [3.8, 4) is 0 Å². The summed E-state index contributed by atoms with van der Waals surface area (Å²) in [6.45, 7) is 4.87. The van der Waals surface area contributed by atoms with Crippen LogP contribution >= 0.6 is 10.9 Å². The number of aliphatic hydroxyl groups excluding tert-OH is 1. The predicted molar refractivity (Wildman–Crippen MR) is 67.1 cm³/mol. The van der Waals surface area contributed by atoms with Crippen molar-refractivity contribution in [1.29, 1.82) is 0 Å². The Hall–Kier alpha value is -0.210. The average molecular weight is 214 g/mol. The second kappa shape index (κ2) is 6.31. The minimum absolute atomic E-state index is 0.0153. The summed E-state index contributed by atoms with van der Waals surface area (Å²) in [5.74, 6) is 2.98. The fourth-order valence-electron chi connectivity index (χ4n) is 1.56. The normalized spacial score (nSPS) is 26.6. The van der Waals surface area contributed by atoms with E-state index in [-0.39, 0.29) is 10.9 Å². The summed E-state index contributed by atoms with van der Waals surface area (Å²) < 4.78 is 0. The highest BCUT2D eigenvalue weighted by atomic mass is 32.2. The Balaban J connectivity index is 2.24. The number of hydrogen-bond donors (Lipinski definition) is 2. The van der Waals surface area contributed by atoms with Crippen LogP contribution in [0.3, 0.4) is 0 Å². The summed E-state index contributed by atoms with van der Waals surface area (Å²) in [5, 5.41) is 11.1. The highest BCUT2D eigenvalue weighted by Gasteiger charge is 2.08. The first-order valence-electron chi connectivity index (χ1n) is 5.44. The molecule has 0 bridgehead atoms. The average Bonchev–Trinajstić information content (AvgIpc) is 2.53. The zero-order chi connectivity index (χ0) is 10.4. The van der Waals surface area contributed by atoms with Gasteiger partial charge in [0.15, 0.2) is 0 Å². The maximum absolute atomic E-state index is 8.82. The molecule has 82 valence electrons. The first kappa shape index (κ1) is 11.9. The molecule has 0 aromatic heterocycles. The summed E-state index contributed by atoms with van der Waals surface area (Å²) in [4.78, 5) is 0. The standard InChI is InChI=1S/C12H22OS/c1-11(2)4-3-5-12-6-8-14(10-12)9-7-13/h5-6,8,11,13-14H,3-4,7,9-10H2,1-2H3. The summed E-state index contributed by atoms with van der Waals surface area (Å²) >= 11 is 0. The third kappa shape index (κ3) is 4.34. The molecule has 1 N–H and O–H groups in total. The Morgan fingerprint density at radius 2 is 2.36 bits per heavy atom. The minimum Gasteiger partial charge on any atom is -0.396 e. The van der Waals surface area contributed by atoms with Crippen LogP contribution < -0.4 is 0 Å². The second-order valence-electron chi connectivity index (χ2n) is 4.26. The molecule has 0 aromatic rings. The van der Waals surface area contributed by atoms with Gasteiger partial charge in [-0.1, -0.05) is 26.0 Å². The van der Waals surface area contributed by atoms with Gasteiger partial charge >= 0.3 is 0 Å². The molecular weight excluding hydrogens is 192 g/mol. The first-order valence-corrected chi connectivity index (χ1v) is 7.22. The predicted octanol–water partition coefficient (Wildman–Crippen LogP) is 2.87. The van der Waals surface area contributed by atoms with Crippen LogP contribution in [0.5, 0.6) is 0 Å². The number of hydrogen-bond acceptors (Lipinski definition) is 1. The van der Waals surface area contributed by atoms with Crippen LogP contribution in [0.25, 0.3) is 0 Å². The van der Waals surface area contributed by atoms with Gasteiger partial charge in [-0.15, -0.1) is 0 Å². The van der Waals surface area contributed by atoms with Gasteiger partial charge < -0.3 is 5.11 Å². The summed E-state index contributed by atoms with van der Waals surface area (Å²) in [5.41, 5.74) is 1.49. The third-order valence-corrected chi connectivity index (χ3v) is 4.54. The van der Waals surface area contributed by atoms with Crippen molar-refractivity contribution < 1.29 is 5.11 Å². The maximum atomic E-state index is 8.82. The molecule has 0 spiro atoms. The highest BCUT2D eigenvalue weighted by molar-refractivity contribution is 8.20. The largest absolute Gasteiger partial charge is 0.396 e. The second-order valence-corrected chi connectivity index (χ2v) is 6.50. The van der Waals surface area contributed by atoms with Gasteiger partial charge in [-0.25, -0.2) is 10.9 Å². The van der Waals surface area contributed by atoms with Gasteiger partial charge in [0.1, 0.15) is 0 Å². The van der Waals surface area contributed by atoms with Gasteiger partial charge in [-0.2, -0.15) is 0 Å². The van der Waals surface area contributed by atoms with E-state index in [1.807, 2.05) is 0 Å². The third-order valence-electron chi connectivity index (χ3n) is 2.42. The topological polar surface area (TPSA) is 20.2 Å². The Morgan fingerprint density at radius 1 is 1.57 bits per heavy atom. The molecule has 0 amide bonds. The van der Waals surface area contributed by atoms with E-state index < -0.39 is 0 Å². The molecule has 0 aromatic carbocycles. The molecule has 0 aliphatic carbocycles. The van der Waals surface area contributed by atoms with Gasteiger partial charge in [0, 0.05) is 11.5 Å².